The number of aliphatic hydroxyl groups is 1. The Morgan fingerprint density at radius 1 is 1.21 bits per heavy atom. The highest BCUT2D eigenvalue weighted by atomic mass is 16.3. The van der Waals surface area contributed by atoms with Crippen molar-refractivity contribution >= 4 is 11.8 Å². The minimum atomic E-state index is -0.690. The maximum atomic E-state index is 13.1. The molecule has 1 aliphatic heterocycles. The van der Waals surface area contributed by atoms with Gasteiger partial charge >= 0.3 is 0 Å². The summed E-state index contributed by atoms with van der Waals surface area (Å²) in [6, 6.07) is 9.70. The highest BCUT2D eigenvalue weighted by Gasteiger charge is 2.51. The number of benzene rings is 1. The van der Waals surface area contributed by atoms with Crippen LogP contribution in [0, 0.1) is 0 Å². The van der Waals surface area contributed by atoms with Crippen LogP contribution in [0.5, 0.6) is 0 Å². The number of amides is 2. The Balaban J connectivity index is 2.10. The molecule has 0 spiro atoms. The van der Waals surface area contributed by atoms with Gasteiger partial charge in [-0.2, -0.15) is 0 Å². The van der Waals surface area contributed by atoms with Gasteiger partial charge in [0.05, 0.1) is 12.0 Å². The van der Waals surface area contributed by atoms with Crippen LogP contribution >= 0.6 is 0 Å². The lowest BCUT2D eigenvalue weighted by atomic mass is 9.75. The number of carbonyl (C=O) groups excluding carboxylic acids is 2. The average Bonchev–Trinajstić information content (AvgIpc) is 2.81. The van der Waals surface area contributed by atoms with Crippen LogP contribution in [0.3, 0.4) is 0 Å². The Bertz CT molecular complexity index is 561. The van der Waals surface area contributed by atoms with Crippen LogP contribution in [-0.4, -0.2) is 60.0 Å². The topological polar surface area (TPSA) is 60.9 Å². The summed E-state index contributed by atoms with van der Waals surface area (Å²) in [5, 5.41) is 8.93. The highest BCUT2D eigenvalue weighted by Crippen LogP contribution is 2.40. The first-order valence-electron chi connectivity index (χ1n) is 8.75. The Labute approximate surface area is 144 Å². The van der Waals surface area contributed by atoms with Crippen molar-refractivity contribution in [1.82, 2.24) is 9.80 Å². The summed E-state index contributed by atoms with van der Waals surface area (Å²) in [4.78, 5) is 29.0. The molecule has 24 heavy (non-hydrogen) atoms. The van der Waals surface area contributed by atoms with Gasteiger partial charge in [-0.25, -0.2) is 0 Å². The molecule has 1 heterocycles. The van der Waals surface area contributed by atoms with E-state index in [1.807, 2.05) is 42.3 Å². The average molecular weight is 332 g/mol. The molecular weight excluding hydrogens is 304 g/mol. The first-order valence-corrected chi connectivity index (χ1v) is 8.75. The fraction of sp³-hybridized carbons (Fsp3) is 0.579. The summed E-state index contributed by atoms with van der Waals surface area (Å²) in [5.41, 5.74) is 0.259. The summed E-state index contributed by atoms with van der Waals surface area (Å²) in [5.74, 6) is -0.118. The van der Waals surface area contributed by atoms with Crippen LogP contribution in [0.4, 0.5) is 0 Å². The van der Waals surface area contributed by atoms with Gasteiger partial charge in [0, 0.05) is 19.5 Å². The van der Waals surface area contributed by atoms with Crippen molar-refractivity contribution in [2.45, 2.75) is 38.0 Å². The molecule has 0 aliphatic carbocycles. The zero-order valence-electron chi connectivity index (χ0n) is 14.7. The first-order chi connectivity index (χ1) is 11.5. The van der Waals surface area contributed by atoms with Crippen LogP contribution in [0.25, 0.3) is 0 Å². The largest absolute Gasteiger partial charge is 0.395 e. The molecule has 0 saturated carbocycles. The molecule has 1 saturated heterocycles. The standard InChI is InChI=1S/C19H28N2O3/c1-3-10-19(16-8-5-4-6-9-16)15-17(23)21(18(19)24)12-7-11-20(2)13-14-22/h4-6,8-9,22H,3,7,10-15H2,1-2H3. The van der Waals surface area contributed by atoms with Crippen molar-refractivity contribution in [2.24, 2.45) is 0 Å². The molecule has 1 N–H and O–H groups in total. The number of imide groups is 1. The molecule has 0 bridgehead atoms. The predicted molar refractivity (Wildman–Crippen MR) is 93.6 cm³/mol. The van der Waals surface area contributed by atoms with Crippen molar-refractivity contribution in [3.63, 3.8) is 0 Å². The maximum absolute atomic E-state index is 13.1. The van der Waals surface area contributed by atoms with Gasteiger partial charge in [0.15, 0.2) is 0 Å². The molecule has 1 aromatic carbocycles. The number of hydrogen-bond donors (Lipinski definition) is 1. The van der Waals surface area contributed by atoms with E-state index in [9.17, 15) is 9.59 Å². The van der Waals surface area contributed by atoms with Gasteiger partial charge in [-0.3, -0.25) is 14.5 Å². The zero-order valence-corrected chi connectivity index (χ0v) is 14.7. The zero-order chi connectivity index (χ0) is 17.6. The summed E-state index contributed by atoms with van der Waals surface area (Å²) in [7, 11) is 1.93. The molecule has 2 amide bonds. The Morgan fingerprint density at radius 3 is 2.54 bits per heavy atom. The van der Waals surface area contributed by atoms with Gasteiger partial charge in [0.2, 0.25) is 11.8 Å². The molecule has 1 unspecified atom stereocenters. The third-order valence-electron chi connectivity index (χ3n) is 4.82. The Morgan fingerprint density at radius 2 is 1.92 bits per heavy atom. The van der Waals surface area contributed by atoms with E-state index in [-0.39, 0.29) is 24.8 Å². The lowest BCUT2D eigenvalue weighted by Crippen LogP contribution is -2.39. The van der Waals surface area contributed by atoms with E-state index in [4.69, 9.17) is 5.11 Å². The lowest BCUT2D eigenvalue weighted by molar-refractivity contribution is -0.140. The van der Waals surface area contributed by atoms with Crippen molar-refractivity contribution < 1.29 is 14.7 Å². The van der Waals surface area contributed by atoms with Crippen LogP contribution in [0.2, 0.25) is 0 Å². The second kappa shape index (κ2) is 8.40. The van der Waals surface area contributed by atoms with E-state index < -0.39 is 5.41 Å². The minimum Gasteiger partial charge on any atom is -0.395 e. The van der Waals surface area contributed by atoms with Gasteiger partial charge in [0.25, 0.3) is 0 Å². The molecule has 5 heteroatoms. The van der Waals surface area contributed by atoms with Gasteiger partial charge in [-0.1, -0.05) is 43.7 Å². The van der Waals surface area contributed by atoms with Crippen molar-refractivity contribution in [3.05, 3.63) is 35.9 Å². The third-order valence-corrected chi connectivity index (χ3v) is 4.82. The van der Waals surface area contributed by atoms with Crippen LogP contribution in [0.1, 0.15) is 38.2 Å². The molecule has 2 rings (SSSR count). The number of rotatable bonds is 9. The molecule has 0 aromatic heterocycles. The first kappa shape index (κ1) is 18.6. The lowest BCUT2D eigenvalue weighted by Gasteiger charge is -2.27. The smallest absolute Gasteiger partial charge is 0.240 e. The number of carbonyl (C=O) groups is 2. The van der Waals surface area contributed by atoms with Crippen LogP contribution < -0.4 is 0 Å². The molecule has 0 radical (unpaired) electrons. The second-order valence-electron chi connectivity index (χ2n) is 6.61. The SMILES string of the molecule is CCCC1(c2ccccc2)CC(=O)N(CCCN(C)CCO)C1=O. The maximum Gasteiger partial charge on any atom is 0.240 e. The number of nitrogens with zero attached hydrogens (tertiary/aromatic N) is 2. The quantitative estimate of drug-likeness (QED) is 0.701. The number of aliphatic hydroxyl groups excluding tert-OH is 1. The van der Waals surface area contributed by atoms with E-state index in [1.54, 1.807) is 0 Å². The number of hydrogen-bond acceptors (Lipinski definition) is 4. The Hall–Kier alpha value is -1.72. The van der Waals surface area contributed by atoms with Crippen molar-refractivity contribution in [1.29, 1.82) is 0 Å². The van der Waals surface area contributed by atoms with E-state index in [2.05, 4.69) is 6.92 Å². The fourth-order valence-corrected chi connectivity index (χ4v) is 3.56. The van der Waals surface area contributed by atoms with Gasteiger partial charge in [-0.15, -0.1) is 0 Å². The molecule has 1 aromatic rings. The summed E-state index contributed by atoms with van der Waals surface area (Å²) < 4.78 is 0. The molecule has 1 atom stereocenters. The van der Waals surface area contributed by atoms with Crippen LogP contribution in [0.15, 0.2) is 30.3 Å². The predicted octanol–water partition coefficient (Wildman–Crippen LogP) is 1.80. The van der Waals surface area contributed by atoms with Gasteiger partial charge in [0.1, 0.15) is 0 Å². The summed E-state index contributed by atoms with van der Waals surface area (Å²) in [6.45, 7) is 3.97. The number of likely N-dealkylation sites (N-methyl/N-ethyl adjacent to an activating group) is 1. The van der Waals surface area contributed by atoms with Gasteiger partial charge in [-0.05, 0) is 32.0 Å². The molecule has 5 nitrogen and oxygen atoms in total. The van der Waals surface area contributed by atoms with E-state index in [0.29, 0.717) is 19.5 Å². The van der Waals surface area contributed by atoms with Crippen molar-refractivity contribution in [3.8, 4) is 0 Å². The monoisotopic (exact) mass is 332 g/mol. The fourth-order valence-electron chi connectivity index (χ4n) is 3.56. The molecular formula is C19H28N2O3. The minimum absolute atomic E-state index is 0.0506. The van der Waals surface area contributed by atoms with E-state index in [1.165, 1.54) is 4.90 Å². The third kappa shape index (κ3) is 3.84. The van der Waals surface area contributed by atoms with E-state index >= 15 is 0 Å². The van der Waals surface area contributed by atoms with Crippen LogP contribution in [-0.2, 0) is 15.0 Å². The highest BCUT2D eigenvalue weighted by molar-refractivity contribution is 6.09. The summed E-state index contributed by atoms with van der Waals surface area (Å²) in [6.07, 6.45) is 2.56. The van der Waals surface area contributed by atoms with Crippen molar-refractivity contribution in [2.75, 3.05) is 33.3 Å². The molecule has 1 aliphatic rings. The van der Waals surface area contributed by atoms with E-state index in [0.717, 1.165) is 24.9 Å². The molecule has 1 fully saturated rings. The molecule has 132 valence electrons. The van der Waals surface area contributed by atoms with Gasteiger partial charge < -0.3 is 10.0 Å². The Kier molecular flexibility index (Phi) is 6.52. The number of likely N-dealkylation sites (tertiary alicyclic amines) is 1. The normalized spacial score (nSPS) is 21.1. The second-order valence-corrected chi connectivity index (χ2v) is 6.61. The summed E-state index contributed by atoms with van der Waals surface area (Å²) >= 11 is 0.